The van der Waals surface area contributed by atoms with E-state index in [-0.39, 0.29) is 11.8 Å². The Morgan fingerprint density at radius 2 is 1.64 bits per heavy atom. The van der Waals surface area contributed by atoms with Crippen molar-refractivity contribution in [1.29, 1.82) is 0 Å². The fraction of sp³-hybridized carbons (Fsp3) is 0.235. The fourth-order valence-corrected chi connectivity index (χ4v) is 2.06. The summed E-state index contributed by atoms with van der Waals surface area (Å²) in [5.41, 5.74) is 0.920. The van der Waals surface area contributed by atoms with E-state index in [1.165, 1.54) is 24.3 Å². The van der Waals surface area contributed by atoms with Crippen molar-refractivity contribution >= 4 is 11.7 Å². The van der Waals surface area contributed by atoms with Gasteiger partial charge in [0.05, 0.1) is 12.6 Å². The van der Waals surface area contributed by atoms with E-state index >= 15 is 0 Å². The summed E-state index contributed by atoms with van der Waals surface area (Å²) in [5, 5.41) is 5.56. The van der Waals surface area contributed by atoms with Crippen LogP contribution in [0.25, 0.3) is 0 Å². The molecule has 0 spiro atoms. The van der Waals surface area contributed by atoms with Gasteiger partial charge < -0.3 is 15.4 Å². The number of rotatable bonds is 4. The maximum Gasteiger partial charge on any atom is 0.319 e. The Morgan fingerprint density at radius 1 is 1.05 bits per heavy atom. The number of ether oxygens (including phenoxy) is 1. The van der Waals surface area contributed by atoms with E-state index in [1.807, 2.05) is 38.1 Å². The van der Waals surface area contributed by atoms with Gasteiger partial charge in [-0.3, -0.25) is 0 Å². The first-order chi connectivity index (χ1) is 10.4. The standard InChI is InChI=1S/C17H19FN2O2/c1-17(2,12-4-10-15(22-3)11-5-12)20-16(21)19-14-8-6-13(18)7-9-14/h4-11H,1-3H3,(H2,19,20,21). The minimum atomic E-state index is -0.559. The normalized spacial score (nSPS) is 10.9. The van der Waals surface area contributed by atoms with Crippen LogP contribution in [0.15, 0.2) is 48.5 Å². The van der Waals surface area contributed by atoms with Crippen molar-refractivity contribution in [2.75, 3.05) is 12.4 Å². The highest BCUT2D eigenvalue weighted by Crippen LogP contribution is 2.23. The number of nitrogens with one attached hydrogen (secondary N) is 2. The van der Waals surface area contributed by atoms with Crippen molar-refractivity contribution in [3.05, 3.63) is 59.9 Å². The number of halogens is 1. The van der Waals surface area contributed by atoms with Gasteiger partial charge in [-0.2, -0.15) is 0 Å². The van der Waals surface area contributed by atoms with Crippen molar-refractivity contribution in [3.63, 3.8) is 0 Å². The van der Waals surface area contributed by atoms with E-state index in [2.05, 4.69) is 10.6 Å². The van der Waals surface area contributed by atoms with Crippen LogP contribution in [0.2, 0.25) is 0 Å². The maximum atomic E-state index is 12.8. The van der Waals surface area contributed by atoms with Crippen molar-refractivity contribution < 1.29 is 13.9 Å². The largest absolute Gasteiger partial charge is 0.497 e. The van der Waals surface area contributed by atoms with Crippen LogP contribution in [0.1, 0.15) is 19.4 Å². The van der Waals surface area contributed by atoms with Crippen LogP contribution in [0.4, 0.5) is 14.9 Å². The SMILES string of the molecule is COc1ccc(C(C)(C)NC(=O)Nc2ccc(F)cc2)cc1. The van der Waals surface area contributed by atoms with Crippen molar-refractivity contribution in [2.24, 2.45) is 0 Å². The van der Waals surface area contributed by atoms with Crippen LogP contribution in [-0.2, 0) is 5.54 Å². The van der Waals surface area contributed by atoms with E-state index in [9.17, 15) is 9.18 Å². The average Bonchev–Trinajstić information content (AvgIpc) is 2.49. The second-order valence-corrected chi connectivity index (χ2v) is 5.44. The zero-order valence-corrected chi connectivity index (χ0v) is 12.8. The molecule has 22 heavy (non-hydrogen) atoms. The molecule has 2 N–H and O–H groups in total. The van der Waals surface area contributed by atoms with Gasteiger partial charge in [-0.1, -0.05) is 12.1 Å². The van der Waals surface area contributed by atoms with E-state index in [0.29, 0.717) is 5.69 Å². The molecule has 0 atom stereocenters. The third-order valence-electron chi connectivity index (χ3n) is 3.34. The number of carbonyl (C=O) groups excluding carboxylic acids is 1. The molecule has 0 aliphatic heterocycles. The van der Waals surface area contributed by atoms with Crippen LogP contribution in [-0.4, -0.2) is 13.1 Å². The van der Waals surface area contributed by atoms with E-state index in [1.54, 1.807) is 7.11 Å². The maximum absolute atomic E-state index is 12.8. The molecular formula is C17H19FN2O2. The van der Waals surface area contributed by atoms with Crippen LogP contribution in [0, 0.1) is 5.82 Å². The molecule has 5 heteroatoms. The number of methoxy groups -OCH3 is 1. The van der Waals surface area contributed by atoms with Crippen molar-refractivity contribution in [1.82, 2.24) is 5.32 Å². The lowest BCUT2D eigenvalue weighted by Gasteiger charge is -2.27. The lowest BCUT2D eigenvalue weighted by atomic mass is 9.94. The lowest BCUT2D eigenvalue weighted by Crippen LogP contribution is -2.43. The van der Waals surface area contributed by atoms with Gasteiger partial charge in [-0.05, 0) is 55.8 Å². The molecule has 0 unspecified atom stereocenters. The third-order valence-corrected chi connectivity index (χ3v) is 3.34. The van der Waals surface area contributed by atoms with Gasteiger partial charge >= 0.3 is 6.03 Å². The van der Waals surface area contributed by atoms with Gasteiger partial charge in [0.2, 0.25) is 0 Å². The van der Waals surface area contributed by atoms with Gasteiger partial charge in [0.1, 0.15) is 11.6 Å². The first-order valence-electron chi connectivity index (χ1n) is 6.90. The molecule has 2 amide bonds. The molecule has 0 aliphatic rings. The molecule has 0 heterocycles. The summed E-state index contributed by atoms with van der Waals surface area (Å²) in [6.45, 7) is 3.80. The summed E-state index contributed by atoms with van der Waals surface area (Å²) < 4.78 is 18.0. The number of carbonyl (C=O) groups is 1. The van der Waals surface area contributed by atoms with Gasteiger partial charge in [-0.25, -0.2) is 9.18 Å². The van der Waals surface area contributed by atoms with Crippen LogP contribution in [0.5, 0.6) is 5.75 Å². The fourth-order valence-electron chi connectivity index (χ4n) is 2.06. The number of benzene rings is 2. The first kappa shape index (κ1) is 15.8. The number of anilines is 1. The quantitative estimate of drug-likeness (QED) is 0.900. The van der Waals surface area contributed by atoms with Gasteiger partial charge in [0, 0.05) is 5.69 Å². The molecule has 2 rings (SSSR count). The van der Waals surface area contributed by atoms with E-state index < -0.39 is 5.54 Å². The van der Waals surface area contributed by atoms with E-state index in [0.717, 1.165) is 11.3 Å². The number of hydrogen-bond acceptors (Lipinski definition) is 2. The second-order valence-electron chi connectivity index (χ2n) is 5.44. The predicted molar refractivity (Wildman–Crippen MR) is 84.6 cm³/mol. The Bertz CT molecular complexity index is 637. The Labute approximate surface area is 129 Å². The molecule has 0 aromatic heterocycles. The molecule has 0 fully saturated rings. The summed E-state index contributed by atoms with van der Waals surface area (Å²) in [4.78, 5) is 12.1. The highest BCUT2D eigenvalue weighted by atomic mass is 19.1. The monoisotopic (exact) mass is 302 g/mol. The highest BCUT2D eigenvalue weighted by Gasteiger charge is 2.22. The molecule has 116 valence electrons. The smallest absolute Gasteiger partial charge is 0.319 e. The number of amides is 2. The van der Waals surface area contributed by atoms with Crippen molar-refractivity contribution in [3.8, 4) is 5.75 Å². The summed E-state index contributed by atoms with van der Waals surface area (Å²) in [7, 11) is 1.61. The minimum absolute atomic E-state index is 0.343. The Kier molecular flexibility index (Phi) is 4.65. The highest BCUT2D eigenvalue weighted by molar-refractivity contribution is 5.89. The molecule has 0 saturated heterocycles. The predicted octanol–water partition coefficient (Wildman–Crippen LogP) is 3.89. The van der Waals surface area contributed by atoms with Gasteiger partial charge in [-0.15, -0.1) is 0 Å². The molecule has 0 saturated carbocycles. The lowest BCUT2D eigenvalue weighted by molar-refractivity contribution is 0.242. The first-order valence-corrected chi connectivity index (χ1v) is 6.90. The zero-order chi connectivity index (χ0) is 16.2. The second kappa shape index (κ2) is 6.47. The van der Waals surface area contributed by atoms with Crippen molar-refractivity contribution in [2.45, 2.75) is 19.4 Å². The average molecular weight is 302 g/mol. The summed E-state index contributed by atoms with van der Waals surface area (Å²) >= 11 is 0. The topological polar surface area (TPSA) is 50.4 Å². The summed E-state index contributed by atoms with van der Waals surface area (Å²) in [6, 6.07) is 12.7. The summed E-state index contributed by atoms with van der Waals surface area (Å²) in [6.07, 6.45) is 0. The Morgan fingerprint density at radius 3 is 2.18 bits per heavy atom. The number of hydrogen-bond donors (Lipinski definition) is 2. The third kappa shape index (κ3) is 3.97. The zero-order valence-electron chi connectivity index (χ0n) is 12.8. The minimum Gasteiger partial charge on any atom is -0.497 e. The summed E-state index contributed by atoms with van der Waals surface area (Å²) in [5.74, 6) is 0.417. The molecule has 0 aliphatic carbocycles. The van der Waals surface area contributed by atoms with E-state index in [4.69, 9.17) is 4.74 Å². The van der Waals surface area contributed by atoms with Crippen LogP contribution >= 0.6 is 0 Å². The Hall–Kier alpha value is -2.56. The molecular weight excluding hydrogens is 283 g/mol. The molecule has 0 bridgehead atoms. The number of urea groups is 1. The van der Waals surface area contributed by atoms with Gasteiger partial charge in [0.15, 0.2) is 0 Å². The molecule has 4 nitrogen and oxygen atoms in total. The van der Waals surface area contributed by atoms with Gasteiger partial charge in [0.25, 0.3) is 0 Å². The molecule has 0 radical (unpaired) electrons. The van der Waals surface area contributed by atoms with Crippen LogP contribution < -0.4 is 15.4 Å². The van der Waals surface area contributed by atoms with Crippen LogP contribution in [0.3, 0.4) is 0 Å². The Balaban J connectivity index is 2.03. The molecule has 2 aromatic rings. The molecule has 2 aromatic carbocycles.